The van der Waals surface area contributed by atoms with E-state index >= 15 is 0 Å². The molecule has 0 amide bonds. The average Bonchev–Trinajstić information content (AvgIpc) is 3.04. The minimum atomic E-state index is -2.88. The Kier molecular flexibility index (Phi) is 2.81. The maximum atomic E-state index is 11.4. The van der Waals surface area contributed by atoms with Crippen LogP contribution in [0.1, 0.15) is 19.3 Å². The predicted octanol–water partition coefficient (Wildman–Crippen LogP) is 0.0449. The van der Waals surface area contributed by atoms with Crippen molar-refractivity contribution < 1.29 is 8.42 Å². The van der Waals surface area contributed by atoms with Crippen LogP contribution in [0.15, 0.2) is 6.20 Å². The van der Waals surface area contributed by atoms with Crippen molar-refractivity contribution in [3.8, 4) is 0 Å². The molecule has 0 aromatic carbocycles. The van der Waals surface area contributed by atoms with Gasteiger partial charge in [0.15, 0.2) is 15.7 Å². The maximum absolute atomic E-state index is 11.4. The molecule has 8 heteroatoms. The van der Waals surface area contributed by atoms with E-state index in [1.165, 1.54) is 6.20 Å². The highest BCUT2D eigenvalue weighted by molar-refractivity contribution is 7.91. The zero-order valence-corrected chi connectivity index (χ0v) is 10.7. The van der Waals surface area contributed by atoms with Gasteiger partial charge in [-0.15, -0.1) is 5.10 Å². The van der Waals surface area contributed by atoms with Gasteiger partial charge in [0, 0.05) is 12.1 Å². The molecule has 1 aromatic heterocycles. The van der Waals surface area contributed by atoms with Gasteiger partial charge in [0.05, 0.1) is 17.7 Å². The predicted molar refractivity (Wildman–Crippen MR) is 67.2 cm³/mol. The second kappa shape index (κ2) is 4.34. The fraction of sp³-hybridized carbons (Fsp3) is 0.700. The molecule has 1 aromatic rings. The normalized spacial score (nSPS) is 25.9. The summed E-state index contributed by atoms with van der Waals surface area (Å²) in [5, 5.41) is 14.0. The molecule has 3 rings (SSSR count). The molecule has 2 aliphatic rings. The third kappa shape index (κ3) is 2.87. The van der Waals surface area contributed by atoms with Crippen LogP contribution in [0.4, 0.5) is 11.8 Å². The van der Waals surface area contributed by atoms with Crippen LogP contribution in [-0.2, 0) is 9.84 Å². The summed E-state index contributed by atoms with van der Waals surface area (Å²) in [5.74, 6) is 1.50. The van der Waals surface area contributed by atoms with Crippen LogP contribution < -0.4 is 10.6 Å². The molecule has 1 saturated heterocycles. The van der Waals surface area contributed by atoms with Gasteiger partial charge in [-0.05, 0) is 19.3 Å². The Morgan fingerprint density at radius 2 is 2.00 bits per heavy atom. The van der Waals surface area contributed by atoms with E-state index in [2.05, 4.69) is 25.8 Å². The molecule has 2 heterocycles. The number of hydrogen-bond acceptors (Lipinski definition) is 7. The topological polar surface area (TPSA) is 96.9 Å². The zero-order chi connectivity index (χ0) is 12.6. The Morgan fingerprint density at radius 3 is 2.67 bits per heavy atom. The smallest absolute Gasteiger partial charge is 0.244 e. The van der Waals surface area contributed by atoms with Crippen molar-refractivity contribution in [2.24, 2.45) is 0 Å². The number of nitrogens with zero attached hydrogens (tertiary/aromatic N) is 3. The minimum absolute atomic E-state index is 0.0690. The standard InChI is InChI=1S/C10H15N5O2S/c16-18(17)4-3-8(6-18)12-9-5-11-15-10(14-9)13-7-1-2-7/h5,7-8H,1-4,6H2,(H2,12,13,14,15). The van der Waals surface area contributed by atoms with E-state index in [0.29, 0.717) is 24.2 Å². The summed E-state index contributed by atoms with van der Waals surface area (Å²) >= 11 is 0. The summed E-state index contributed by atoms with van der Waals surface area (Å²) in [6.45, 7) is 0. The lowest BCUT2D eigenvalue weighted by molar-refractivity contribution is 0.602. The van der Waals surface area contributed by atoms with Gasteiger partial charge in [-0.2, -0.15) is 10.1 Å². The van der Waals surface area contributed by atoms with Crippen molar-refractivity contribution in [2.45, 2.75) is 31.3 Å². The summed E-state index contributed by atoms with van der Waals surface area (Å²) < 4.78 is 22.7. The van der Waals surface area contributed by atoms with Gasteiger partial charge in [0.25, 0.3) is 0 Å². The van der Waals surface area contributed by atoms with Gasteiger partial charge in [-0.25, -0.2) is 8.42 Å². The number of hydrogen-bond donors (Lipinski definition) is 2. The second-order valence-corrected chi connectivity index (χ2v) is 7.06. The van der Waals surface area contributed by atoms with Crippen molar-refractivity contribution in [3.63, 3.8) is 0 Å². The van der Waals surface area contributed by atoms with Crippen LogP contribution >= 0.6 is 0 Å². The lowest BCUT2D eigenvalue weighted by Gasteiger charge is -2.11. The maximum Gasteiger partial charge on any atom is 0.244 e. The molecular formula is C10H15N5O2S. The lowest BCUT2D eigenvalue weighted by atomic mass is 10.3. The van der Waals surface area contributed by atoms with Crippen LogP contribution in [0.2, 0.25) is 0 Å². The van der Waals surface area contributed by atoms with Gasteiger partial charge in [-0.3, -0.25) is 0 Å². The van der Waals surface area contributed by atoms with E-state index < -0.39 is 9.84 Å². The number of aromatic nitrogens is 3. The van der Waals surface area contributed by atoms with Gasteiger partial charge in [-0.1, -0.05) is 0 Å². The quantitative estimate of drug-likeness (QED) is 0.796. The minimum Gasteiger partial charge on any atom is -0.365 e. The first-order valence-electron chi connectivity index (χ1n) is 6.04. The van der Waals surface area contributed by atoms with E-state index in [1.54, 1.807) is 0 Å². The Balaban J connectivity index is 1.65. The van der Waals surface area contributed by atoms with Crippen LogP contribution in [0.25, 0.3) is 0 Å². The van der Waals surface area contributed by atoms with Crippen LogP contribution in [-0.4, -0.2) is 47.2 Å². The zero-order valence-electron chi connectivity index (χ0n) is 9.83. The highest BCUT2D eigenvalue weighted by Crippen LogP contribution is 2.23. The summed E-state index contributed by atoms with van der Waals surface area (Å²) in [7, 11) is -2.88. The molecule has 0 bridgehead atoms. The average molecular weight is 269 g/mol. The van der Waals surface area contributed by atoms with Crippen molar-refractivity contribution in [3.05, 3.63) is 6.20 Å². The Morgan fingerprint density at radius 1 is 1.17 bits per heavy atom. The molecule has 1 unspecified atom stereocenters. The first-order chi connectivity index (χ1) is 8.61. The Hall–Kier alpha value is -1.44. The van der Waals surface area contributed by atoms with E-state index in [9.17, 15) is 8.42 Å². The number of nitrogens with one attached hydrogen (secondary N) is 2. The van der Waals surface area contributed by atoms with Crippen molar-refractivity contribution in [2.75, 3.05) is 22.1 Å². The van der Waals surface area contributed by atoms with Gasteiger partial charge >= 0.3 is 0 Å². The highest BCUT2D eigenvalue weighted by atomic mass is 32.2. The molecule has 1 atom stereocenters. The summed E-state index contributed by atoms with van der Waals surface area (Å²) in [5.41, 5.74) is 0. The molecule has 98 valence electrons. The second-order valence-electron chi connectivity index (χ2n) is 4.83. The number of anilines is 2. The van der Waals surface area contributed by atoms with Crippen molar-refractivity contribution in [1.29, 1.82) is 0 Å². The first kappa shape index (κ1) is 11.6. The third-order valence-electron chi connectivity index (χ3n) is 3.05. The van der Waals surface area contributed by atoms with Crippen molar-refractivity contribution >= 4 is 21.6 Å². The first-order valence-corrected chi connectivity index (χ1v) is 7.86. The molecular weight excluding hydrogens is 254 g/mol. The van der Waals surface area contributed by atoms with Crippen LogP contribution in [0.5, 0.6) is 0 Å². The molecule has 7 nitrogen and oxygen atoms in total. The summed E-state index contributed by atoms with van der Waals surface area (Å²) in [4.78, 5) is 4.27. The van der Waals surface area contributed by atoms with Crippen molar-refractivity contribution in [1.82, 2.24) is 15.2 Å². The molecule has 0 spiro atoms. The fourth-order valence-corrected chi connectivity index (χ4v) is 3.64. The van der Waals surface area contributed by atoms with Gasteiger partial charge < -0.3 is 10.6 Å². The third-order valence-corrected chi connectivity index (χ3v) is 4.82. The monoisotopic (exact) mass is 269 g/mol. The Labute approximate surface area is 105 Å². The molecule has 18 heavy (non-hydrogen) atoms. The number of sulfone groups is 1. The van der Waals surface area contributed by atoms with E-state index in [-0.39, 0.29) is 17.5 Å². The highest BCUT2D eigenvalue weighted by Gasteiger charge is 2.28. The molecule has 0 radical (unpaired) electrons. The van der Waals surface area contributed by atoms with E-state index in [0.717, 1.165) is 12.8 Å². The summed E-state index contributed by atoms with van der Waals surface area (Å²) in [6.07, 6.45) is 4.42. The largest absolute Gasteiger partial charge is 0.365 e. The Bertz CT molecular complexity index is 543. The molecule has 2 fully saturated rings. The molecule has 1 aliphatic carbocycles. The fourth-order valence-electron chi connectivity index (χ4n) is 1.96. The van der Waals surface area contributed by atoms with E-state index in [4.69, 9.17) is 0 Å². The van der Waals surface area contributed by atoms with Gasteiger partial charge in [0.1, 0.15) is 0 Å². The van der Waals surface area contributed by atoms with Crippen LogP contribution in [0.3, 0.4) is 0 Å². The SMILES string of the molecule is O=S1(=O)CCC(Nc2cnnc(NC3CC3)n2)C1. The van der Waals surface area contributed by atoms with Gasteiger partial charge in [0.2, 0.25) is 5.95 Å². The molecule has 1 saturated carbocycles. The number of rotatable bonds is 4. The molecule has 2 N–H and O–H groups in total. The van der Waals surface area contributed by atoms with Crippen LogP contribution in [0, 0.1) is 0 Å². The summed E-state index contributed by atoms with van der Waals surface area (Å²) in [6, 6.07) is 0.398. The molecule has 1 aliphatic heterocycles. The lowest BCUT2D eigenvalue weighted by Crippen LogP contribution is -2.22. The van der Waals surface area contributed by atoms with E-state index in [1.807, 2.05) is 0 Å².